The third kappa shape index (κ3) is 6.04. The molecular weight excluding hydrogens is 254 g/mol. The van der Waals surface area contributed by atoms with Gasteiger partial charge in [0.1, 0.15) is 6.61 Å². The number of amides is 1. The molecule has 4 nitrogen and oxygen atoms in total. The Morgan fingerprint density at radius 1 is 1.20 bits per heavy atom. The van der Waals surface area contributed by atoms with Crippen molar-refractivity contribution in [3.8, 4) is 0 Å². The van der Waals surface area contributed by atoms with Crippen LogP contribution in [0.3, 0.4) is 0 Å². The van der Waals surface area contributed by atoms with Gasteiger partial charge in [-0.1, -0.05) is 34.6 Å². The van der Waals surface area contributed by atoms with Gasteiger partial charge in [0, 0.05) is 25.4 Å². The number of ketones is 1. The van der Waals surface area contributed by atoms with Gasteiger partial charge in [0.25, 0.3) is 0 Å². The minimum atomic E-state index is 0.0310. The molecule has 0 bridgehead atoms. The maximum atomic E-state index is 12.1. The van der Waals surface area contributed by atoms with Crippen LogP contribution in [0.15, 0.2) is 0 Å². The summed E-state index contributed by atoms with van der Waals surface area (Å²) in [7, 11) is 0. The molecule has 0 spiro atoms. The Hall–Kier alpha value is -0.900. The zero-order chi connectivity index (χ0) is 15.3. The average molecular weight is 283 g/mol. The van der Waals surface area contributed by atoms with Crippen LogP contribution in [0.1, 0.15) is 53.9 Å². The van der Waals surface area contributed by atoms with Gasteiger partial charge in [-0.05, 0) is 18.3 Å². The second-order valence-electron chi connectivity index (χ2n) is 7.25. The highest BCUT2D eigenvalue weighted by Crippen LogP contribution is 2.22. The van der Waals surface area contributed by atoms with Crippen LogP contribution in [0.2, 0.25) is 0 Å². The molecule has 1 aliphatic rings. The first-order valence-corrected chi connectivity index (χ1v) is 7.61. The van der Waals surface area contributed by atoms with E-state index in [1.54, 1.807) is 0 Å². The molecule has 0 aromatic rings. The fraction of sp³-hybridized carbons (Fsp3) is 0.875. The van der Waals surface area contributed by atoms with E-state index < -0.39 is 0 Å². The van der Waals surface area contributed by atoms with Gasteiger partial charge >= 0.3 is 0 Å². The SMILES string of the molecule is CC(C)C(=O)COC1CCN(C(=O)CC(C)(C)C)CC1. The first-order valence-electron chi connectivity index (χ1n) is 7.61. The lowest BCUT2D eigenvalue weighted by Crippen LogP contribution is -2.42. The summed E-state index contributed by atoms with van der Waals surface area (Å²) in [6.07, 6.45) is 2.38. The summed E-state index contributed by atoms with van der Waals surface area (Å²) < 4.78 is 5.65. The molecule has 0 aliphatic carbocycles. The molecule has 1 aliphatic heterocycles. The van der Waals surface area contributed by atoms with E-state index in [1.165, 1.54) is 0 Å². The standard InChI is InChI=1S/C16H29NO3/c1-12(2)14(18)11-20-13-6-8-17(9-7-13)15(19)10-16(3,4)5/h12-13H,6-11H2,1-5H3. The molecule has 20 heavy (non-hydrogen) atoms. The van der Waals surface area contributed by atoms with Gasteiger partial charge < -0.3 is 9.64 Å². The predicted molar refractivity (Wildman–Crippen MR) is 79.5 cm³/mol. The average Bonchev–Trinajstić information content (AvgIpc) is 2.34. The minimum absolute atomic E-state index is 0.0310. The summed E-state index contributed by atoms with van der Waals surface area (Å²) in [4.78, 5) is 25.6. The van der Waals surface area contributed by atoms with Crippen LogP contribution >= 0.6 is 0 Å². The Balaban J connectivity index is 2.30. The van der Waals surface area contributed by atoms with Gasteiger partial charge in [0.2, 0.25) is 5.91 Å². The van der Waals surface area contributed by atoms with Gasteiger partial charge in [0.05, 0.1) is 6.10 Å². The molecule has 0 N–H and O–H groups in total. The molecule has 1 fully saturated rings. The Morgan fingerprint density at radius 2 is 1.75 bits per heavy atom. The van der Waals surface area contributed by atoms with E-state index in [0.29, 0.717) is 6.42 Å². The molecule has 0 unspecified atom stereocenters. The topological polar surface area (TPSA) is 46.6 Å². The molecule has 0 aromatic carbocycles. The van der Waals surface area contributed by atoms with Crippen LogP contribution in [0.5, 0.6) is 0 Å². The van der Waals surface area contributed by atoms with Crippen molar-refractivity contribution in [3.05, 3.63) is 0 Å². The highest BCUT2D eigenvalue weighted by molar-refractivity contribution is 5.81. The second-order valence-corrected chi connectivity index (χ2v) is 7.25. The lowest BCUT2D eigenvalue weighted by Gasteiger charge is -2.33. The van der Waals surface area contributed by atoms with Crippen molar-refractivity contribution in [2.75, 3.05) is 19.7 Å². The zero-order valence-electron chi connectivity index (χ0n) is 13.6. The Kier molecular flexibility index (Phi) is 6.18. The lowest BCUT2D eigenvalue weighted by atomic mass is 9.91. The number of rotatable bonds is 5. The van der Waals surface area contributed by atoms with E-state index >= 15 is 0 Å². The normalized spacial score (nSPS) is 17.6. The van der Waals surface area contributed by atoms with E-state index in [-0.39, 0.29) is 35.7 Å². The summed E-state index contributed by atoms with van der Waals surface area (Å²) in [5, 5.41) is 0. The van der Waals surface area contributed by atoms with E-state index in [0.717, 1.165) is 25.9 Å². The van der Waals surface area contributed by atoms with Crippen LogP contribution in [0.4, 0.5) is 0 Å². The van der Waals surface area contributed by atoms with Gasteiger partial charge in [0.15, 0.2) is 5.78 Å². The molecule has 116 valence electrons. The largest absolute Gasteiger partial charge is 0.370 e. The van der Waals surface area contributed by atoms with Crippen LogP contribution < -0.4 is 0 Å². The van der Waals surface area contributed by atoms with Crippen LogP contribution in [0.25, 0.3) is 0 Å². The first-order chi connectivity index (χ1) is 9.19. The molecule has 0 atom stereocenters. The van der Waals surface area contributed by atoms with Crippen LogP contribution in [-0.2, 0) is 14.3 Å². The number of ether oxygens (including phenoxy) is 1. The van der Waals surface area contributed by atoms with Gasteiger partial charge in [-0.2, -0.15) is 0 Å². The number of nitrogens with zero attached hydrogens (tertiary/aromatic N) is 1. The fourth-order valence-corrected chi connectivity index (χ4v) is 2.20. The Bertz CT molecular complexity index is 336. The lowest BCUT2D eigenvalue weighted by molar-refractivity contribution is -0.138. The number of piperidine rings is 1. The smallest absolute Gasteiger partial charge is 0.223 e. The monoisotopic (exact) mass is 283 g/mol. The number of carbonyl (C=O) groups excluding carboxylic acids is 2. The molecule has 4 heteroatoms. The fourth-order valence-electron chi connectivity index (χ4n) is 2.20. The third-order valence-electron chi connectivity index (χ3n) is 3.58. The highest BCUT2D eigenvalue weighted by Gasteiger charge is 2.26. The van der Waals surface area contributed by atoms with Crippen molar-refractivity contribution >= 4 is 11.7 Å². The predicted octanol–water partition coefficient (Wildman–Crippen LogP) is 2.66. The van der Waals surface area contributed by atoms with Gasteiger partial charge in [-0.3, -0.25) is 9.59 Å². The molecule has 1 saturated heterocycles. The number of hydrogen-bond donors (Lipinski definition) is 0. The Morgan fingerprint density at radius 3 is 2.20 bits per heavy atom. The molecule has 1 rings (SSSR count). The number of likely N-dealkylation sites (tertiary alicyclic amines) is 1. The summed E-state index contributed by atoms with van der Waals surface area (Å²) in [5.74, 6) is 0.411. The number of Topliss-reactive ketones (excluding diaryl/α,β-unsaturated/α-hetero) is 1. The van der Waals surface area contributed by atoms with Gasteiger partial charge in [-0.15, -0.1) is 0 Å². The second kappa shape index (κ2) is 7.21. The maximum absolute atomic E-state index is 12.1. The molecule has 1 heterocycles. The molecular formula is C16H29NO3. The van der Waals surface area contributed by atoms with E-state index in [2.05, 4.69) is 20.8 Å². The molecule has 0 radical (unpaired) electrons. The van der Waals surface area contributed by atoms with Crippen molar-refractivity contribution in [1.82, 2.24) is 4.90 Å². The zero-order valence-corrected chi connectivity index (χ0v) is 13.6. The number of carbonyl (C=O) groups is 2. The third-order valence-corrected chi connectivity index (χ3v) is 3.58. The van der Waals surface area contributed by atoms with Crippen molar-refractivity contribution in [2.24, 2.45) is 11.3 Å². The van der Waals surface area contributed by atoms with Crippen molar-refractivity contribution in [1.29, 1.82) is 0 Å². The van der Waals surface area contributed by atoms with Crippen molar-refractivity contribution in [2.45, 2.75) is 60.0 Å². The van der Waals surface area contributed by atoms with E-state index in [1.807, 2.05) is 18.7 Å². The van der Waals surface area contributed by atoms with Gasteiger partial charge in [-0.25, -0.2) is 0 Å². The van der Waals surface area contributed by atoms with Crippen molar-refractivity contribution in [3.63, 3.8) is 0 Å². The summed E-state index contributed by atoms with van der Waals surface area (Å²) in [5.41, 5.74) is 0.0358. The first kappa shape index (κ1) is 17.2. The number of hydrogen-bond acceptors (Lipinski definition) is 3. The van der Waals surface area contributed by atoms with E-state index in [9.17, 15) is 9.59 Å². The summed E-state index contributed by atoms with van der Waals surface area (Å²) in [6, 6.07) is 0. The van der Waals surface area contributed by atoms with Crippen molar-refractivity contribution < 1.29 is 14.3 Å². The van der Waals surface area contributed by atoms with Crippen LogP contribution in [0, 0.1) is 11.3 Å². The molecule has 0 saturated carbocycles. The summed E-state index contributed by atoms with van der Waals surface area (Å²) in [6.45, 7) is 11.7. The molecule has 0 aromatic heterocycles. The molecule has 1 amide bonds. The Labute approximate surface area is 122 Å². The van der Waals surface area contributed by atoms with Crippen LogP contribution in [-0.4, -0.2) is 42.4 Å². The highest BCUT2D eigenvalue weighted by atomic mass is 16.5. The maximum Gasteiger partial charge on any atom is 0.223 e. The van der Waals surface area contributed by atoms with E-state index in [4.69, 9.17) is 4.74 Å². The summed E-state index contributed by atoms with van der Waals surface area (Å²) >= 11 is 0. The minimum Gasteiger partial charge on any atom is -0.370 e. The quantitative estimate of drug-likeness (QED) is 0.779.